The third kappa shape index (κ3) is 4.18. The second-order valence-corrected chi connectivity index (χ2v) is 7.13. The monoisotopic (exact) mass is 351 g/mol. The molecule has 6 nitrogen and oxygen atoms in total. The maximum atomic E-state index is 12.5. The van der Waals surface area contributed by atoms with Crippen molar-refractivity contribution in [2.45, 2.75) is 65.2 Å². The summed E-state index contributed by atoms with van der Waals surface area (Å²) in [6.45, 7) is 10.5. The summed E-state index contributed by atoms with van der Waals surface area (Å²) in [7, 11) is 0. The molecule has 1 saturated heterocycles. The molecular weight excluding hydrogens is 322 g/mol. The van der Waals surface area contributed by atoms with Crippen molar-refractivity contribution in [2.24, 2.45) is 0 Å². The van der Waals surface area contributed by atoms with Crippen LogP contribution >= 0.6 is 0 Å². The number of nitrogens with zero attached hydrogens (tertiary/aromatic N) is 1. The zero-order valence-corrected chi connectivity index (χ0v) is 15.7. The Bertz CT molecular complexity index is 623. The lowest BCUT2D eigenvalue weighted by molar-refractivity contribution is -0.0783. The minimum Gasteiger partial charge on any atom is -0.504 e. The van der Waals surface area contributed by atoms with Gasteiger partial charge in [-0.25, -0.2) is 4.79 Å². The molecule has 1 aromatic rings. The molecule has 1 aliphatic heterocycles. The zero-order chi connectivity index (χ0) is 18.8. The van der Waals surface area contributed by atoms with Crippen LogP contribution in [0, 0.1) is 0 Å². The molecule has 1 aromatic carbocycles. The molecule has 1 fully saturated rings. The van der Waals surface area contributed by atoms with Crippen LogP contribution in [0.5, 0.6) is 11.5 Å². The largest absolute Gasteiger partial charge is 0.504 e. The first-order valence-electron chi connectivity index (χ1n) is 8.90. The Labute approximate surface area is 149 Å². The smallest absolute Gasteiger partial charge is 0.410 e. The first-order chi connectivity index (χ1) is 11.8. The number of carbonyl (C=O) groups is 1. The van der Waals surface area contributed by atoms with E-state index in [-0.39, 0.29) is 29.7 Å². The molecule has 1 unspecified atom stereocenters. The van der Waals surface area contributed by atoms with Gasteiger partial charge in [-0.1, -0.05) is 19.9 Å². The van der Waals surface area contributed by atoms with Crippen molar-refractivity contribution < 1.29 is 24.5 Å². The number of hydrogen-bond donors (Lipinski definition) is 2. The number of carbonyl (C=O) groups excluding carboxylic acids is 1. The normalized spacial score (nSPS) is 22.2. The van der Waals surface area contributed by atoms with Crippen molar-refractivity contribution in [3.8, 4) is 11.5 Å². The van der Waals surface area contributed by atoms with E-state index in [1.165, 1.54) is 6.07 Å². The van der Waals surface area contributed by atoms with Gasteiger partial charge in [-0.15, -0.1) is 0 Å². The summed E-state index contributed by atoms with van der Waals surface area (Å²) >= 11 is 0. The van der Waals surface area contributed by atoms with E-state index >= 15 is 0 Å². The number of amides is 1. The second kappa shape index (κ2) is 7.52. The van der Waals surface area contributed by atoms with Crippen molar-refractivity contribution in [2.75, 3.05) is 13.2 Å². The maximum absolute atomic E-state index is 12.5. The van der Waals surface area contributed by atoms with Crippen molar-refractivity contribution in [3.63, 3.8) is 0 Å². The number of morpholine rings is 1. The molecule has 3 rings (SSSR count). The Balaban J connectivity index is 0.00000109. The number of hydrogen-bond acceptors (Lipinski definition) is 5. The fourth-order valence-electron chi connectivity index (χ4n) is 3.28. The van der Waals surface area contributed by atoms with Crippen LogP contribution in [0.25, 0.3) is 0 Å². The summed E-state index contributed by atoms with van der Waals surface area (Å²) in [5.74, 6) is -0.207. The molecule has 25 heavy (non-hydrogen) atoms. The molecule has 0 spiro atoms. The standard InChI is InChI=1S/C17H23NO5.C2H6/c1-17(2,3)23-16(21)18-6-7-22-14-9-11-10(8-12(14)18)4-5-13(19)15(11)20;1-2/h4-5,12,14,19-20H,6-9H2,1-3H3;1-2H3/t12?,14-;/m1./s1. The molecule has 1 amide bonds. The predicted octanol–water partition coefficient (Wildman–Crippen LogP) is 3.23. The van der Waals surface area contributed by atoms with Gasteiger partial charge in [-0.3, -0.25) is 4.90 Å². The van der Waals surface area contributed by atoms with E-state index in [1.54, 1.807) is 11.0 Å². The SMILES string of the molecule is CC.CC(C)(C)OC(=O)N1CCO[C@@H]2Cc3c(ccc(O)c3O)CC21. The fourth-order valence-corrected chi connectivity index (χ4v) is 3.28. The molecule has 2 atom stereocenters. The minimum atomic E-state index is -0.540. The van der Waals surface area contributed by atoms with Crippen molar-refractivity contribution >= 4 is 6.09 Å². The van der Waals surface area contributed by atoms with Gasteiger partial charge < -0.3 is 19.7 Å². The van der Waals surface area contributed by atoms with E-state index in [1.807, 2.05) is 34.6 Å². The highest BCUT2D eigenvalue weighted by atomic mass is 16.6. The van der Waals surface area contributed by atoms with Crippen LogP contribution in [0.3, 0.4) is 0 Å². The number of phenols is 2. The number of rotatable bonds is 0. The molecule has 0 bridgehead atoms. The number of benzene rings is 1. The minimum absolute atomic E-state index is 0.0843. The van der Waals surface area contributed by atoms with Gasteiger partial charge in [0.05, 0.1) is 18.8 Å². The van der Waals surface area contributed by atoms with Crippen LogP contribution in [0.4, 0.5) is 4.79 Å². The second-order valence-electron chi connectivity index (χ2n) is 7.13. The molecule has 6 heteroatoms. The van der Waals surface area contributed by atoms with Crippen LogP contribution in [0.15, 0.2) is 12.1 Å². The molecular formula is C19H29NO5. The summed E-state index contributed by atoms with van der Waals surface area (Å²) < 4.78 is 11.3. The van der Waals surface area contributed by atoms with Crippen LogP contribution in [0.1, 0.15) is 45.7 Å². The molecule has 0 aromatic heterocycles. The third-order valence-corrected chi connectivity index (χ3v) is 4.31. The van der Waals surface area contributed by atoms with E-state index < -0.39 is 5.60 Å². The van der Waals surface area contributed by atoms with E-state index in [0.717, 1.165) is 5.56 Å². The van der Waals surface area contributed by atoms with Gasteiger partial charge in [0.15, 0.2) is 11.5 Å². The quantitative estimate of drug-likeness (QED) is 0.702. The van der Waals surface area contributed by atoms with Gasteiger partial charge in [-0.2, -0.15) is 0 Å². The number of fused-ring (bicyclic) bond motifs is 2. The van der Waals surface area contributed by atoms with Gasteiger partial charge in [0.2, 0.25) is 0 Å². The van der Waals surface area contributed by atoms with E-state index in [2.05, 4.69) is 0 Å². The Hall–Kier alpha value is -1.95. The molecule has 1 aliphatic carbocycles. The van der Waals surface area contributed by atoms with E-state index in [9.17, 15) is 15.0 Å². The molecule has 2 N–H and O–H groups in total. The fraction of sp³-hybridized carbons (Fsp3) is 0.632. The summed E-state index contributed by atoms with van der Waals surface area (Å²) in [5, 5.41) is 19.7. The highest BCUT2D eigenvalue weighted by Crippen LogP contribution is 2.38. The number of aromatic hydroxyl groups is 2. The summed E-state index contributed by atoms with van der Waals surface area (Å²) in [5.41, 5.74) is 1.10. The van der Waals surface area contributed by atoms with Crippen LogP contribution in [0.2, 0.25) is 0 Å². The molecule has 2 aliphatic rings. The van der Waals surface area contributed by atoms with E-state index in [0.29, 0.717) is 31.6 Å². The first kappa shape index (κ1) is 19.4. The topological polar surface area (TPSA) is 79.2 Å². The highest BCUT2D eigenvalue weighted by molar-refractivity contribution is 5.69. The number of ether oxygens (including phenoxy) is 2. The Kier molecular flexibility index (Phi) is 5.83. The summed E-state index contributed by atoms with van der Waals surface area (Å²) in [6, 6.07) is 3.16. The summed E-state index contributed by atoms with van der Waals surface area (Å²) in [6.07, 6.45) is 0.519. The lowest BCUT2D eigenvalue weighted by atomic mass is 9.84. The van der Waals surface area contributed by atoms with Crippen molar-refractivity contribution in [1.82, 2.24) is 4.90 Å². The van der Waals surface area contributed by atoms with Crippen molar-refractivity contribution in [3.05, 3.63) is 23.3 Å². The van der Waals surface area contributed by atoms with Gasteiger partial charge in [0.25, 0.3) is 0 Å². The average Bonchev–Trinajstić information content (AvgIpc) is 2.57. The predicted molar refractivity (Wildman–Crippen MR) is 95.0 cm³/mol. The average molecular weight is 351 g/mol. The zero-order valence-electron chi connectivity index (χ0n) is 15.7. The first-order valence-corrected chi connectivity index (χ1v) is 8.90. The molecule has 140 valence electrons. The highest BCUT2D eigenvalue weighted by Gasteiger charge is 2.41. The Morgan fingerprint density at radius 2 is 1.92 bits per heavy atom. The van der Waals surface area contributed by atoms with Gasteiger partial charge in [-0.05, 0) is 38.8 Å². The number of phenolic OH excluding ortho intramolecular Hbond substituents is 2. The maximum Gasteiger partial charge on any atom is 0.410 e. The Morgan fingerprint density at radius 3 is 2.56 bits per heavy atom. The van der Waals surface area contributed by atoms with Gasteiger partial charge in [0.1, 0.15) is 5.60 Å². The molecule has 0 radical (unpaired) electrons. The van der Waals surface area contributed by atoms with Crippen LogP contribution in [-0.2, 0) is 22.3 Å². The molecule has 1 heterocycles. The van der Waals surface area contributed by atoms with Gasteiger partial charge in [0, 0.05) is 18.5 Å². The van der Waals surface area contributed by atoms with Crippen LogP contribution in [-0.4, -0.2) is 52.1 Å². The van der Waals surface area contributed by atoms with Crippen molar-refractivity contribution in [1.29, 1.82) is 0 Å². The summed E-state index contributed by atoms with van der Waals surface area (Å²) in [4.78, 5) is 14.2. The third-order valence-electron chi connectivity index (χ3n) is 4.31. The van der Waals surface area contributed by atoms with Crippen LogP contribution < -0.4 is 0 Å². The lowest BCUT2D eigenvalue weighted by Gasteiger charge is -2.44. The molecule has 0 saturated carbocycles. The van der Waals surface area contributed by atoms with Gasteiger partial charge >= 0.3 is 6.09 Å². The van der Waals surface area contributed by atoms with E-state index in [4.69, 9.17) is 9.47 Å². The Morgan fingerprint density at radius 1 is 1.24 bits per heavy atom. The lowest BCUT2D eigenvalue weighted by Crippen LogP contribution is -2.57.